The first kappa shape index (κ1) is 16.9. The van der Waals surface area contributed by atoms with Crippen molar-refractivity contribution in [2.45, 2.75) is 19.4 Å². The molecule has 0 aromatic carbocycles. The van der Waals surface area contributed by atoms with E-state index in [0.717, 1.165) is 9.80 Å². The number of amides is 4. The number of hydrogen-bond acceptors (Lipinski definition) is 5. The molecule has 0 aromatic heterocycles. The lowest BCUT2D eigenvalue weighted by Crippen LogP contribution is -2.67. The van der Waals surface area contributed by atoms with Gasteiger partial charge in [-0.25, -0.2) is 4.79 Å². The molecule has 0 bridgehead atoms. The molecule has 1 rings (SSSR count). The molecule has 1 saturated heterocycles. The van der Waals surface area contributed by atoms with Crippen LogP contribution in [0.2, 0.25) is 0 Å². The van der Waals surface area contributed by atoms with Crippen LogP contribution in [0.4, 0.5) is 4.79 Å². The first-order valence-corrected chi connectivity index (χ1v) is 6.31. The lowest BCUT2D eigenvalue weighted by Gasteiger charge is -2.42. The van der Waals surface area contributed by atoms with Gasteiger partial charge in [-0.1, -0.05) is 0 Å². The van der Waals surface area contributed by atoms with Crippen molar-refractivity contribution < 1.29 is 29.0 Å². The van der Waals surface area contributed by atoms with Gasteiger partial charge in [0.15, 0.2) is 0 Å². The van der Waals surface area contributed by atoms with E-state index < -0.39 is 35.9 Å². The van der Waals surface area contributed by atoms with Crippen LogP contribution in [0.1, 0.15) is 13.8 Å². The lowest BCUT2D eigenvalue weighted by molar-refractivity contribution is -0.143. The summed E-state index contributed by atoms with van der Waals surface area (Å²) in [5.74, 6) is -2.39. The summed E-state index contributed by atoms with van der Waals surface area (Å²) in [6.07, 6.45) is 0. The maximum Gasteiger partial charge on any atom is 0.323 e. The van der Waals surface area contributed by atoms with Crippen molar-refractivity contribution in [3.8, 4) is 0 Å². The third-order valence-electron chi connectivity index (χ3n) is 3.18. The lowest BCUT2D eigenvalue weighted by atomic mass is 9.99. The molecule has 0 radical (unpaired) electrons. The number of nitrogens with zero attached hydrogens (tertiary/aromatic N) is 2. The highest BCUT2D eigenvalue weighted by molar-refractivity contribution is 6.06. The van der Waals surface area contributed by atoms with E-state index >= 15 is 0 Å². The minimum atomic E-state index is -1.24. The number of hydrogen-bond donors (Lipinski definition) is 2. The Morgan fingerprint density at radius 1 is 1.43 bits per heavy atom. The monoisotopic (exact) mass is 301 g/mol. The van der Waals surface area contributed by atoms with E-state index in [1.54, 1.807) is 0 Å². The van der Waals surface area contributed by atoms with E-state index in [1.807, 2.05) is 0 Å². The highest BCUT2D eigenvalue weighted by Gasteiger charge is 2.45. The van der Waals surface area contributed by atoms with Crippen molar-refractivity contribution >= 4 is 23.8 Å². The van der Waals surface area contributed by atoms with Crippen LogP contribution in [0.5, 0.6) is 0 Å². The number of aliphatic carboxylic acids is 1. The number of carbonyl (C=O) groups excluding carboxylic acids is 3. The number of urea groups is 1. The van der Waals surface area contributed by atoms with Gasteiger partial charge in [-0.2, -0.15) is 0 Å². The van der Waals surface area contributed by atoms with Gasteiger partial charge < -0.3 is 19.6 Å². The summed E-state index contributed by atoms with van der Waals surface area (Å²) in [4.78, 5) is 48.7. The number of rotatable bonds is 5. The fourth-order valence-electron chi connectivity index (χ4n) is 1.87. The summed E-state index contributed by atoms with van der Waals surface area (Å²) >= 11 is 0. The number of methoxy groups -OCH3 is 1. The maximum absolute atomic E-state index is 12.4. The van der Waals surface area contributed by atoms with Crippen LogP contribution in [-0.2, 0) is 19.1 Å². The van der Waals surface area contributed by atoms with Gasteiger partial charge in [0.25, 0.3) is 5.91 Å². The van der Waals surface area contributed by atoms with Crippen LogP contribution >= 0.6 is 0 Å². The van der Waals surface area contributed by atoms with Gasteiger partial charge in [0, 0.05) is 13.7 Å². The second-order valence-electron chi connectivity index (χ2n) is 5.11. The molecule has 0 aliphatic carbocycles. The molecule has 1 fully saturated rings. The molecule has 1 aliphatic heterocycles. The minimum absolute atomic E-state index is 0.0457. The standard InChI is InChI=1S/C12H19N3O6/c1-12(2)10(19)13-8(16)6-15(12)11(20)14(4-5-21-3)7-9(17)18/h4-7H2,1-3H3,(H,17,18)(H,13,16,19). The zero-order chi connectivity index (χ0) is 16.2. The molecule has 0 atom stereocenters. The Labute approximate surface area is 121 Å². The number of piperazine rings is 1. The molecule has 2 N–H and O–H groups in total. The summed E-state index contributed by atoms with van der Waals surface area (Å²) in [5.41, 5.74) is -1.24. The zero-order valence-electron chi connectivity index (χ0n) is 12.2. The fourth-order valence-corrected chi connectivity index (χ4v) is 1.87. The molecule has 0 aromatic rings. The molecule has 0 saturated carbocycles. The second kappa shape index (κ2) is 6.53. The van der Waals surface area contributed by atoms with Crippen molar-refractivity contribution in [1.29, 1.82) is 0 Å². The number of carbonyl (C=O) groups is 4. The highest BCUT2D eigenvalue weighted by atomic mass is 16.5. The van der Waals surface area contributed by atoms with Gasteiger partial charge in [0.2, 0.25) is 5.91 Å². The topological polar surface area (TPSA) is 116 Å². The average molecular weight is 301 g/mol. The van der Waals surface area contributed by atoms with Crippen LogP contribution in [0.3, 0.4) is 0 Å². The van der Waals surface area contributed by atoms with E-state index in [1.165, 1.54) is 21.0 Å². The van der Waals surface area contributed by atoms with E-state index in [4.69, 9.17) is 9.84 Å². The Kier molecular flexibility index (Phi) is 5.25. The smallest absolute Gasteiger partial charge is 0.323 e. The summed E-state index contributed by atoms with van der Waals surface area (Å²) < 4.78 is 4.83. The first-order chi connectivity index (χ1) is 9.70. The largest absolute Gasteiger partial charge is 0.480 e. The molecule has 0 spiro atoms. The molecule has 9 heteroatoms. The summed E-state index contributed by atoms with van der Waals surface area (Å²) in [6, 6.07) is -0.692. The third-order valence-corrected chi connectivity index (χ3v) is 3.18. The number of imide groups is 1. The van der Waals surface area contributed by atoms with Gasteiger partial charge in [0.05, 0.1) is 6.61 Å². The predicted octanol–water partition coefficient (Wildman–Crippen LogP) is -1.12. The van der Waals surface area contributed by atoms with Crippen molar-refractivity contribution in [2.24, 2.45) is 0 Å². The number of ether oxygens (including phenoxy) is 1. The van der Waals surface area contributed by atoms with Crippen molar-refractivity contribution in [1.82, 2.24) is 15.1 Å². The van der Waals surface area contributed by atoms with Gasteiger partial charge in [0.1, 0.15) is 18.6 Å². The number of carboxylic acids is 1. The van der Waals surface area contributed by atoms with Crippen LogP contribution in [0.15, 0.2) is 0 Å². The molecular weight excluding hydrogens is 282 g/mol. The molecule has 4 amide bonds. The Balaban J connectivity index is 2.96. The molecule has 1 heterocycles. The van der Waals surface area contributed by atoms with Gasteiger partial charge >= 0.3 is 12.0 Å². The summed E-state index contributed by atoms with van der Waals surface area (Å²) in [7, 11) is 1.42. The molecule has 21 heavy (non-hydrogen) atoms. The Hall–Kier alpha value is -2.16. The zero-order valence-corrected chi connectivity index (χ0v) is 12.2. The van der Waals surface area contributed by atoms with E-state index in [0.29, 0.717) is 0 Å². The highest BCUT2D eigenvalue weighted by Crippen LogP contribution is 2.20. The first-order valence-electron chi connectivity index (χ1n) is 6.31. The van der Waals surface area contributed by atoms with Crippen LogP contribution < -0.4 is 5.32 Å². The summed E-state index contributed by atoms with van der Waals surface area (Å²) in [6.45, 7) is 2.33. The van der Waals surface area contributed by atoms with Crippen molar-refractivity contribution in [2.75, 3.05) is 33.4 Å². The molecule has 0 unspecified atom stereocenters. The van der Waals surface area contributed by atoms with Gasteiger partial charge in [-0.3, -0.25) is 19.7 Å². The van der Waals surface area contributed by atoms with Crippen molar-refractivity contribution in [3.63, 3.8) is 0 Å². The predicted molar refractivity (Wildman–Crippen MR) is 70.4 cm³/mol. The average Bonchev–Trinajstić information content (AvgIpc) is 2.38. The molecular formula is C12H19N3O6. The Bertz CT molecular complexity index is 462. The Morgan fingerprint density at radius 2 is 2.05 bits per heavy atom. The van der Waals surface area contributed by atoms with Crippen LogP contribution in [-0.4, -0.2) is 77.6 Å². The maximum atomic E-state index is 12.4. The third kappa shape index (κ3) is 3.91. The Morgan fingerprint density at radius 3 is 2.57 bits per heavy atom. The fraction of sp³-hybridized carbons (Fsp3) is 0.667. The van der Waals surface area contributed by atoms with Crippen LogP contribution in [0.25, 0.3) is 0 Å². The number of nitrogens with one attached hydrogen (secondary N) is 1. The molecule has 1 aliphatic rings. The molecule has 118 valence electrons. The van der Waals surface area contributed by atoms with E-state index in [-0.39, 0.29) is 19.7 Å². The number of carboxylic acid groups (broad SMARTS) is 1. The second-order valence-corrected chi connectivity index (χ2v) is 5.11. The summed E-state index contributed by atoms with van der Waals surface area (Å²) in [5, 5.41) is 11.0. The van der Waals surface area contributed by atoms with Gasteiger partial charge in [-0.15, -0.1) is 0 Å². The van der Waals surface area contributed by atoms with E-state index in [2.05, 4.69) is 5.32 Å². The molecule has 9 nitrogen and oxygen atoms in total. The minimum Gasteiger partial charge on any atom is -0.480 e. The van der Waals surface area contributed by atoms with Crippen molar-refractivity contribution in [3.05, 3.63) is 0 Å². The normalized spacial score (nSPS) is 17.4. The SMILES string of the molecule is COCCN(CC(=O)O)C(=O)N1CC(=O)NC(=O)C1(C)C. The van der Waals surface area contributed by atoms with Gasteiger partial charge in [-0.05, 0) is 13.8 Å². The van der Waals surface area contributed by atoms with E-state index in [9.17, 15) is 19.2 Å². The quantitative estimate of drug-likeness (QED) is 0.621. The van der Waals surface area contributed by atoms with Crippen LogP contribution in [0, 0.1) is 0 Å².